The van der Waals surface area contributed by atoms with Gasteiger partial charge in [0.25, 0.3) is 0 Å². The van der Waals surface area contributed by atoms with Crippen molar-refractivity contribution in [2.45, 2.75) is 30.4 Å². The fourth-order valence-corrected chi connectivity index (χ4v) is 3.29. The molecule has 2 rings (SSSR count). The van der Waals surface area contributed by atoms with E-state index in [1.165, 1.54) is 0 Å². The number of ether oxygens (including phenoxy) is 1. The molecule has 1 aliphatic rings. The summed E-state index contributed by atoms with van der Waals surface area (Å²) in [5, 5.41) is 2.95. The number of rotatable bonds is 4. The predicted octanol–water partition coefficient (Wildman–Crippen LogP) is 1.18. The number of hydrogen-bond acceptors (Lipinski definition) is 4. The zero-order chi connectivity index (χ0) is 13.2. The Morgan fingerprint density at radius 3 is 2.44 bits per heavy atom. The maximum Gasteiger partial charge on any atom is 0.240 e. The Labute approximate surface area is 108 Å². The van der Waals surface area contributed by atoms with Crippen molar-refractivity contribution in [2.75, 3.05) is 19.0 Å². The van der Waals surface area contributed by atoms with Crippen LogP contribution in [-0.2, 0) is 14.8 Å². The van der Waals surface area contributed by atoms with Gasteiger partial charge in [0.2, 0.25) is 10.0 Å². The van der Waals surface area contributed by atoms with Gasteiger partial charge in [-0.2, -0.15) is 0 Å². The molecule has 5 nitrogen and oxygen atoms in total. The second-order valence-electron chi connectivity index (χ2n) is 4.37. The average molecular weight is 270 g/mol. The van der Waals surface area contributed by atoms with Gasteiger partial charge < -0.3 is 10.1 Å². The van der Waals surface area contributed by atoms with E-state index < -0.39 is 10.0 Å². The van der Waals surface area contributed by atoms with Gasteiger partial charge in [0.05, 0.1) is 17.0 Å². The molecule has 0 spiro atoms. The molecule has 0 radical (unpaired) electrons. The fraction of sp³-hybridized carbons (Fsp3) is 0.500. The maximum atomic E-state index is 12.1. The fourth-order valence-electron chi connectivity index (χ4n) is 1.95. The lowest BCUT2D eigenvalue weighted by Gasteiger charge is -2.16. The van der Waals surface area contributed by atoms with E-state index in [0.717, 1.165) is 12.1 Å². The van der Waals surface area contributed by atoms with Crippen LogP contribution < -0.4 is 10.0 Å². The standard InChI is InChI=1S/C12H18N2O3S/c1-9-12(7-8-17-9)14-18(15,16)11-5-3-10(13-2)4-6-11/h3-6,9,12-14H,7-8H2,1-2H3. The molecule has 0 amide bonds. The van der Waals surface area contributed by atoms with E-state index in [0.29, 0.717) is 6.61 Å². The topological polar surface area (TPSA) is 67.4 Å². The van der Waals surface area contributed by atoms with Crippen molar-refractivity contribution in [3.05, 3.63) is 24.3 Å². The van der Waals surface area contributed by atoms with E-state index in [1.807, 2.05) is 6.92 Å². The van der Waals surface area contributed by atoms with Crippen LogP contribution in [0.2, 0.25) is 0 Å². The molecule has 18 heavy (non-hydrogen) atoms. The van der Waals surface area contributed by atoms with Crippen molar-refractivity contribution in [3.8, 4) is 0 Å². The second kappa shape index (κ2) is 5.26. The smallest absolute Gasteiger partial charge is 0.240 e. The molecule has 1 aromatic rings. The number of nitrogens with one attached hydrogen (secondary N) is 2. The summed E-state index contributed by atoms with van der Waals surface area (Å²) in [6.45, 7) is 2.48. The van der Waals surface area contributed by atoms with Crippen molar-refractivity contribution in [1.82, 2.24) is 4.72 Å². The molecule has 2 unspecified atom stereocenters. The second-order valence-corrected chi connectivity index (χ2v) is 6.08. The van der Waals surface area contributed by atoms with Gasteiger partial charge in [-0.05, 0) is 37.6 Å². The summed E-state index contributed by atoms with van der Waals surface area (Å²) in [6, 6.07) is 6.52. The highest BCUT2D eigenvalue weighted by atomic mass is 32.2. The van der Waals surface area contributed by atoms with Crippen LogP contribution in [0.15, 0.2) is 29.2 Å². The Balaban J connectivity index is 2.14. The molecule has 6 heteroatoms. The molecule has 1 heterocycles. The number of hydrogen-bond donors (Lipinski definition) is 2. The van der Waals surface area contributed by atoms with Crippen molar-refractivity contribution >= 4 is 15.7 Å². The molecule has 0 bridgehead atoms. The summed E-state index contributed by atoms with van der Waals surface area (Å²) in [6.07, 6.45) is 0.644. The van der Waals surface area contributed by atoms with E-state index in [4.69, 9.17) is 4.74 Å². The highest BCUT2D eigenvalue weighted by Gasteiger charge is 2.29. The first kappa shape index (κ1) is 13.3. The van der Waals surface area contributed by atoms with Crippen LogP contribution in [0.25, 0.3) is 0 Å². The Morgan fingerprint density at radius 1 is 1.28 bits per heavy atom. The van der Waals surface area contributed by atoms with Crippen LogP contribution in [0.5, 0.6) is 0 Å². The van der Waals surface area contributed by atoms with Crippen LogP contribution in [0.3, 0.4) is 0 Å². The predicted molar refractivity (Wildman–Crippen MR) is 70.1 cm³/mol. The van der Waals surface area contributed by atoms with E-state index in [-0.39, 0.29) is 17.0 Å². The van der Waals surface area contributed by atoms with Crippen LogP contribution in [0, 0.1) is 0 Å². The lowest BCUT2D eigenvalue weighted by molar-refractivity contribution is 0.117. The first-order valence-electron chi connectivity index (χ1n) is 5.94. The van der Waals surface area contributed by atoms with Crippen LogP contribution in [0.4, 0.5) is 5.69 Å². The molecule has 1 saturated heterocycles. The van der Waals surface area contributed by atoms with Crippen molar-refractivity contribution in [1.29, 1.82) is 0 Å². The Kier molecular flexibility index (Phi) is 3.89. The molecular weight excluding hydrogens is 252 g/mol. The van der Waals surface area contributed by atoms with Gasteiger partial charge in [-0.3, -0.25) is 0 Å². The van der Waals surface area contributed by atoms with Crippen molar-refractivity contribution in [2.24, 2.45) is 0 Å². The van der Waals surface area contributed by atoms with E-state index >= 15 is 0 Å². The highest BCUT2D eigenvalue weighted by Crippen LogP contribution is 2.18. The monoisotopic (exact) mass is 270 g/mol. The molecule has 1 fully saturated rings. The van der Waals surface area contributed by atoms with Gasteiger partial charge in [0, 0.05) is 19.3 Å². The summed E-state index contributed by atoms with van der Waals surface area (Å²) in [7, 11) is -1.67. The van der Waals surface area contributed by atoms with Crippen LogP contribution >= 0.6 is 0 Å². The molecule has 0 saturated carbocycles. The summed E-state index contributed by atoms with van der Waals surface area (Å²) in [4.78, 5) is 0.278. The molecule has 0 aliphatic carbocycles. The van der Waals surface area contributed by atoms with Gasteiger partial charge >= 0.3 is 0 Å². The summed E-state index contributed by atoms with van der Waals surface area (Å²) in [5.41, 5.74) is 0.881. The van der Waals surface area contributed by atoms with Gasteiger partial charge in [0.15, 0.2) is 0 Å². The number of anilines is 1. The molecule has 0 aromatic heterocycles. The summed E-state index contributed by atoms with van der Waals surface area (Å²) < 4.78 is 32.3. The molecule has 1 aromatic carbocycles. The first-order chi connectivity index (χ1) is 8.53. The third-order valence-electron chi connectivity index (χ3n) is 3.14. The third-order valence-corrected chi connectivity index (χ3v) is 4.64. The van der Waals surface area contributed by atoms with E-state index in [1.54, 1.807) is 31.3 Å². The molecule has 100 valence electrons. The zero-order valence-corrected chi connectivity index (χ0v) is 11.3. The lowest BCUT2D eigenvalue weighted by atomic mass is 10.2. The summed E-state index contributed by atoms with van der Waals surface area (Å²) in [5.74, 6) is 0. The SMILES string of the molecule is CNc1ccc(S(=O)(=O)NC2CCOC2C)cc1. The third kappa shape index (κ3) is 2.82. The first-order valence-corrected chi connectivity index (χ1v) is 7.43. The van der Waals surface area contributed by atoms with Crippen LogP contribution in [-0.4, -0.2) is 34.2 Å². The minimum absolute atomic E-state index is 0.0728. The number of benzene rings is 1. The Morgan fingerprint density at radius 2 is 1.94 bits per heavy atom. The maximum absolute atomic E-state index is 12.1. The zero-order valence-electron chi connectivity index (χ0n) is 10.5. The van der Waals surface area contributed by atoms with Crippen molar-refractivity contribution < 1.29 is 13.2 Å². The highest BCUT2D eigenvalue weighted by molar-refractivity contribution is 7.89. The quantitative estimate of drug-likeness (QED) is 0.862. The molecule has 1 aliphatic heterocycles. The van der Waals surface area contributed by atoms with E-state index in [2.05, 4.69) is 10.0 Å². The van der Waals surface area contributed by atoms with Gasteiger partial charge in [0.1, 0.15) is 0 Å². The largest absolute Gasteiger partial charge is 0.388 e. The van der Waals surface area contributed by atoms with Gasteiger partial charge in [-0.15, -0.1) is 0 Å². The van der Waals surface area contributed by atoms with Gasteiger partial charge in [-0.1, -0.05) is 0 Å². The van der Waals surface area contributed by atoms with Crippen LogP contribution in [0.1, 0.15) is 13.3 Å². The Hall–Kier alpha value is -1.11. The van der Waals surface area contributed by atoms with Crippen molar-refractivity contribution in [3.63, 3.8) is 0 Å². The molecular formula is C12H18N2O3S. The van der Waals surface area contributed by atoms with Gasteiger partial charge in [-0.25, -0.2) is 13.1 Å². The minimum atomic E-state index is -3.46. The van der Waals surface area contributed by atoms with E-state index in [9.17, 15) is 8.42 Å². The Bertz CT molecular complexity index is 499. The summed E-state index contributed by atoms with van der Waals surface area (Å²) >= 11 is 0. The molecule has 2 N–H and O–H groups in total. The average Bonchev–Trinajstić information content (AvgIpc) is 2.74. The normalized spacial score (nSPS) is 24.1. The minimum Gasteiger partial charge on any atom is -0.388 e. The number of sulfonamides is 1. The molecule has 2 atom stereocenters. The lowest BCUT2D eigenvalue weighted by Crippen LogP contribution is -2.39.